The van der Waals surface area contributed by atoms with E-state index in [0.717, 1.165) is 6.07 Å². The summed E-state index contributed by atoms with van der Waals surface area (Å²) in [6.07, 6.45) is -1.76. The smallest absolute Gasteiger partial charge is 0.308 e. The van der Waals surface area contributed by atoms with Crippen molar-refractivity contribution in [2.75, 3.05) is 26.1 Å². The van der Waals surface area contributed by atoms with E-state index >= 15 is 0 Å². The average molecular weight is 523 g/mol. The van der Waals surface area contributed by atoms with Gasteiger partial charge in [0.2, 0.25) is 11.1 Å². The van der Waals surface area contributed by atoms with Gasteiger partial charge < -0.3 is 9.47 Å². The molecular formula is C19H19Cl2F3N6O2S. The van der Waals surface area contributed by atoms with Crippen LogP contribution in [0.2, 0.25) is 10.0 Å². The summed E-state index contributed by atoms with van der Waals surface area (Å²) < 4.78 is 58.7. The van der Waals surface area contributed by atoms with Gasteiger partial charge in [0.05, 0.1) is 26.2 Å². The molecule has 2 heterocycles. The Hall–Kier alpha value is -2.25. The Morgan fingerprint density at radius 2 is 2.00 bits per heavy atom. The van der Waals surface area contributed by atoms with E-state index in [2.05, 4.69) is 20.7 Å². The molecule has 0 aliphatic heterocycles. The quantitative estimate of drug-likeness (QED) is 0.423. The molecule has 3 rings (SSSR count). The molecule has 2 unspecified atom stereocenters. The molecule has 2 aromatic heterocycles. The van der Waals surface area contributed by atoms with Crippen molar-refractivity contribution in [1.29, 1.82) is 0 Å². The summed E-state index contributed by atoms with van der Waals surface area (Å²) in [6, 6.07) is 4.28. The Bertz CT molecular complexity index is 1160. The fraction of sp³-hybridized carbons (Fsp3) is 0.316. The molecule has 178 valence electrons. The molecule has 0 aliphatic carbocycles. The number of anilines is 1. The SMILES string of the molecule is CC(CN(C)C)n1cnnc1-c1ncc(Cl)cc1NOS(=O)c1ccc(Cl)c(C(F)(F)F)c1. The summed E-state index contributed by atoms with van der Waals surface area (Å²) in [5.74, 6) is 0.392. The van der Waals surface area contributed by atoms with Gasteiger partial charge in [0.1, 0.15) is 12.0 Å². The first-order valence-electron chi connectivity index (χ1n) is 9.39. The van der Waals surface area contributed by atoms with Crippen LogP contribution in [0.1, 0.15) is 18.5 Å². The molecule has 33 heavy (non-hydrogen) atoms. The van der Waals surface area contributed by atoms with Gasteiger partial charge in [-0.25, -0.2) is 14.7 Å². The number of nitrogens with zero attached hydrogens (tertiary/aromatic N) is 5. The highest BCUT2D eigenvalue weighted by molar-refractivity contribution is 7.80. The zero-order valence-corrected chi connectivity index (χ0v) is 19.9. The molecule has 0 amide bonds. The van der Waals surface area contributed by atoms with Gasteiger partial charge in [-0.2, -0.15) is 17.5 Å². The molecule has 1 N–H and O–H groups in total. The molecule has 0 bridgehead atoms. The molecule has 0 aliphatic rings. The van der Waals surface area contributed by atoms with Gasteiger partial charge in [-0.3, -0.25) is 0 Å². The number of halogens is 5. The molecule has 0 radical (unpaired) electrons. The van der Waals surface area contributed by atoms with E-state index in [4.69, 9.17) is 27.5 Å². The third kappa shape index (κ3) is 6.21. The second kappa shape index (κ2) is 10.3. The molecule has 3 aromatic rings. The zero-order valence-electron chi connectivity index (χ0n) is 17.6. The number of benzene rings is 1. The van der Waals surface area contributed by atoms with Crippen LogP contribution >= 0.6 is 23.2 Å². The molecule has 14 heteroatoms. The van der Waals surface area contributed by atoms with Crippen molar-refractivity contribution in [3.63, 3.8) is 0 Å². The predicted molar refractivity (Wildman–Crippen MR) is 119 cm³/mol. The third-order valence-corrected chi connectivity index (χ3v) is 5.82. The van der Waals surface area contributed by atoms with E-state index < -0.39 is 27.8 Å². The number of likely N-dealkylation sites (N-methyl/N-ethyl adjacent to an activating group) is 1. The Labute approximate surface area is 200 Å². The molecule has 1 aromatic carbocycles. The third-order valence-electron chi connectivity index (χ3n) is 4.41. The number of nitrogens with one attached hydrogen (secondary N) is 1. The molecule has 0 spiro atoms. The van der Waals surface area contributed by atoms with Gasteiger partial charge in [0.15, 0.2) is 5.82 Å². The number of hydrogen-bond donors (Lipinski definition) is 1. The van der Waals surface area contributed by atoms with Crippen LogP contribution in [0, 0.1) is 0 Å². The van der Waals surface area contributed by atoms with Gasteiger partial charge in [-0.1, -0.05) is 23.2 Å². The minimum absolute atomic E-state index is 0.0137. The van der Waals surface area contributed by atoms with Crippen LogP contribution in [-0.4, -0.2) is 49.5 Å². The highest BCUT2D eigenvalue weighted by Crippen LogP contribution is 2.36. The standard InChI is InChI=1S/C19H19Cl2F3N6O2S/c1-11(9-29(2)3)30-10-26-27-18(30)17-16(6-12(20)8-25-17)28-32-33(31)13-4-5-15(21)14(7-13)19(22,23)24/h4-8,10-11,28H,9H2,1-3H3. The van der Waals surface area contributed by atoms with Gasteiger partial charge in [0.25, 0.3) is 0 Å². The maximum Gasteiger partial charge on any atom is 0.417 e. The molecular weight excluding hydrogens is 504 g/mol. The second-order valence-electron chi connectivity index (χ2n) is 7.28. The molecule has 8 nitrogen and oxygen atoms in total. The van der Waals surface area contributed by atoms with E-state index in [9.17, 15) is 17.4 Å². The summed E-state index contributed by atoms with van der Waals surface area (Å²) in [5, 5.41) is 7.80. The Morgan fingerprint density at radius 1 is 1.27 bits per heavy atom. The number of alkyl halides is 3. The molecule has 0 saturated carbocycles. The lowest BCUT2D eigenvalue weighted by molar-refractivity contribution is -0.137. The van der Waals surface area contributed by atoms with Crippen LogP contribution in [0.15, 0.2) is 41.7 Å². The van der Waals surface area contributed by atoms with Crippen LogP contribution in [-0.2, 0) is 21.5 Å². The van der Waals surface area contributed by atoms with Crippen LogP contribution in [0.25, 0.3) is 11.5 Å². The zero-order chi connectivity index (χ0) is 24.3. The predicted octanol–water partition coefficient (Wildman–Crippen LogP) is 4.85. The maximum atomic E-state index is 13.1. The van der Waals surface area contributed by atoms with Crippen molar-refractivity contribution in [2.45, 2.75) is 24.0 Å². The van der Waals surface area contributed by atoms with Gasteiger partial charge in [-0.05, 0) is 45.3 Å². The number of aromatic nitrogens is 4. The monoisotopic (exact) mass is 522 g/mol. The first kappa shape index (κ1) is 25.4. The second-order valence-corrected chi connectivity index (χ2v) is 9.23. The van der Waals surface area contributed by atoms with Crippen LogP contribution in [0.4, 0.5) is 18.9 Å². The van der Waals surface area contributed by atoms with Crippen molar-refractivity contribution in [2.24, 2.45) is 0 Å². The van der Waals surface area contributed by atoms with Crippen molar-refractivity contribution < 1.29 is 21.7 Å². The largest absolute Gasteiger partial charge is 0.417 e. The van der Waals surface area contributed by atoms with Crippen LogP contribution < -0.4 is 5.48 Å². The first-order chi connectivity index (χ1) is 15.5. The fourth-order valence-corrected chi connectivity index (χ4v) is 4.04. The highest BCUT2D eigenvalue weighted by atomic mass is 35.5. The van der Waals surface area contributed by atoms with Crippen molar-refractivity contribution >= 4 is 40.0 Å². The van der Waals surface area contributed by atoms with Gasteiger partial charge >= 0.3 is 6.18 Å². The van der Waals surface area contributed by atoms with E-state index in [1.54, 1.807) is 10.9 Å². The van der Waals surface area contributed by atoms with E-state index in [1.807, 2.05) is 25.9 Å². The van der Waals surface area contributed by atoms with Gasteiger partial charge in [-0.15, -0.1) is 10.2 Å². The normalized spacial score (nSPS) is 13.8. The molecule has 0 fully saturated rings. The highest BCUT2D eigenvalue weighted by Gasteiger charge is 2.34. The lowest BCUT2D eigenvalue weighted by Crippen LogP contribution is -2.22. The number of hydrogen-bond acceptors (Lipinski definition) is 7. The Balaban J connectivity index is 1.86. The fourth-order valence-electron chi connectivity index (χ4n) is 3.00. The van der Waals surface area contributed by atoms with E-state index in [0.29, 0.717) is 24.1 Å². The molecule has 2 atom stereocenters. The van der Waals surface area contributed by atoms with E-state index in [1.165, 1.54) is 18.3 Å². The lowest BCUT2D eigenvalue weighted by atomic mass is 10.2. The minimum atomic E-state index is -4.71. The van der Waals surface area contributed by atoms with Crippen molar-refractivity contribution in [3.05, 3.63) is 52.4 Å². The van der Waals surface area contributed by atoms with Crippen molar-refractivity contribution in [1.82, 2.24) is 24.6 Å². The number of rotatable bonds is 8. The van der Waals surface area contributed by atoms with E-state index in [-0.39, 0.29) is 21.6 Å². The summed E-state index contributed by atoms with van der Waals surface area (Å²) in [7, 11) is 3.86. The number of pyridine rings is 1. The van der Waals surface area contributed by atoms with Crippen LogP contribution in [0.3, 0.4) is 0 Å². The summed E-state index contributed by atoms with van der Waals surface area (Å²) in [6.45, 7) is 2.67. The maximum absolute atomic E-state index is 13.1. The lowest BCUT2D eigenvalue weighted by Gasteiger charge is -2.20. The topological polar surface area (TPSA) is 85.2 Å². The Kier molecular flexibility index (Phi) is 7.96. The summed E-state index contributed by atoms with van der Waals surface area (Å²) >= 11 is 9.35. The summed E-state index contributed by atoms with van der Waals surface area (Å²) in [5.41, 5.74) is 1.85. The van der Waals surface area contributed by atoms with Gasteiger partial charge in [0, 0.05) is 18.8 Å². The Morgan fingerprint density at radius 3 is 2.67 bits per heavy atom. The van der Waals surface area contributed by atoms with Crippen molar-refractivity contribution in [3.8, 4) is 11.5 Å². The first-order valence-corrected chi connectivity index (χ1v) is 11.2. The molecule has 0 saturated heterocycles. The minimum Gasteiger partial charge on any atom is -0.308 e. The average Bonchev–Trinajstić information content (AvgIpc) is 3.21. The van der Waals surface area contributed by atoms with Crippen LogP contribution in [0.5, 0.6) is 0 Å². The summed E-state index contributed by atoms with van der Waals surface area (Å²) in [4.78, 5) is 6.03.